The highest BCUT2D eigenvalue weighted by atomic mass is 15.1. The average Bonchev–Trinajstić information content (AvgIpc) is 2.92. The van der Waals surface area contributed by atoms with Crippen LogP contribution in [0.25, 0.3) is 22.4 Å². The van der Waals surface area contributed by atoms with Crippen molar-refractivity contribution in [1.29, 1.82) is 0 Å². The zero-order valence-corrected chi connectivity index (χ0v) is 22.1. The molecule has 0 radical (unpaired) electrons. The van der Waals surface area contributed by atoms with Gasteiger partial charge in [-0.15, -0.1) is 0 Å². The van der Waals surface area contributed by atoms with E-state index in [4.69, 9.17) is 0 Å². The first kappa shape index (κ1) is 24.3. The Kier molecular flexibility index (Phi) is 7.05. The van der Waals surface area contributed by atoms with Crippen LogP contribution in [0.2, 0.25) is 0 Å². The van der Waals surface area contributed by atoms with E-state index < -0.39 is 0 Å². The lowest BCUT2D eigenvalue weighted by Crippen LogP contribution is -2.10. The minimum Gasteiger partial charge on any atom is -0.310 e. The number of allylic oxidation sites excluding steroid dienone is 3. The third-order valence-electron chi connectivity index (χ3n) is 6.86. The number of nitrogens with zero attached hydrogens (tertiary/aromatic N) is 1. The van der Waals surface area contributed by atoms with E-state index in [-0.39, 0.29) is 0 Å². The molecule has 5 aromatic carbocycles. The van der Waals surface area contributed by atoms with Gasteiger partial charge >= 0.3 is 0 Å². The Morgan fingerprint density at radius 1 is 0.568 bits per heavy atom. The molecule has 0 aliphatic heterocycles. The summed E-state index contributed by atoms with van der Waals surface area (Å²) >= 11 is 0. The lowest BCUT2D eigenvalue weighted by molar-refractivity contribution is 1.28. The molecule has 0 spiro atoms. The van der Waals surface area contributed by atoms with Gasteiger partial charge in [-0.2, -0.15) is 0 Å². The van der Waals surface area contributed by atoms with Gasteiger partial charge in [0.1, 0.15) is 0 Å². The summed E-state index contributed by atoms with van der Waals surface area (Å²) in [6.45, 7) is 8.57. The molecule has 1 nitrogen and oxygen atoms in total. The zero-order chi connectivity index (χ0) is 25.8. The Morgan fingerprint density at radius 3 is 1.65 bits per heavy atom. The molecular formula is C36H33N. The first-order chi connectivity index (χ1) is 18.0. The maximum absolute atomic E-state index is 2.36. The smallest absolute Gasteiger partial charge is 0.0540 e. The molecule has 0 N–H and O–H groups in total. The van der Waals surface area contributed by atoms with Crippen LogP contribution in [0, 0.1) is 20.8 Å². The van der Waals surface area contributed by atoms with Crippen LogP contribution in [0.5, 0.6) is 0 Å². The summed E-state index contributed by atoms with van der Waals surface area (Å²) in [4.78, 5) is 2.36. The summed E-state index contributed by atoms with van der Waals surface area (Å²) in [6.07, 6.45) is 6.52. The molecule has 0 bridgehead atoms. The molecular weight excluding hydrogens is 446 g/mol. The first-order valence-electron chi connectivity index (χ1n) is 12.9. The average molecular weight is 480 g/mol. The SMILES string of the molecule is CC(=CC=Cc1ccc(C)cc1)c1ccc(N(c2ccc(C)cc2)c2ccc(C)cc2)c2ccccc12. The number of fused-ring (bicyclic) bond motifs is 1. The molecule has 1 heteroatoms. The summed E-state index contributed by atoms with van der Waals surface area (Å²) in [5.74, 6) is 0. The lowest BCUT2D eigenvalue weighted by Gasteiger charge is -2.27. The second-order valence-electron chi connectivity index (χ2n) is 9.80. The van der Waals surface area contributed by atoms with Gasteiger partial charge in [-0.05, 0) is 80.1 Å². The Bertz CT molecular complexity index is 1520. The van der Waals surface area contributed by atoms with Crippen molar-refractivity contribution in [3.05, 3.63) is 149 Å². The van der Waals surface area contributed by atoms with Crippen LogP contribution < -0.4 is 4.90 Å². The topological polar surface area (TPSA) is 3.24 Å². The van der Waals surface area contributed by atoms with Crippen LogP contribution in [0.15, 0.2) is 121 Å². The van der Waals surface area contributed by atoms with E-state index in [0.717, 1.165) is 11.4 Å². The van der Waals surface area contributed by atoms with E-state index >= 15 is 0 Å². The van der Waals surface area contributed by atoms with Gasteiger partial charge in [0.15, 0.2) is 0 Å². The second kappa shape index (κ2) is 10.7. The van der Waals surface area contributed by atoms with Crippen molar-refractivity contribution in [3.8, 4) is 0 Å². The molecule has 0 amide bonds. The van der Waals surface area contributed by atoms with E-state index in [1.807, 2.05) is 0 Å². The molecule has 0 aliphatic rings. The van der Waals surface area contributed by atoms with Gasteiger partial charge in [-0.1, -0.05) is 114 Å². The molecule has 5 aromatic rings. The highest BCUT2D eigenvalue weighted by Crippen LogP contribution is 2.41. The molecule has 0 heterocycles. The molecule has 0 atom stereocenters. The minimum absolute atomic E-state index is 1.15. The van der Waals surface area contributed by atoms with E-state index in [1.54, 1.807) is 0 Å². The van der Waals surface area contributed by atoms with Crippen molar-refractivity contribution in [3.63, 3.8) is 0 Å². The van der Waals surface area contributed by atoms with Crippen molar-refractivity contribution < 1.29 is 0 Å². The van der Waals surface area contributed by atoms with Gasteiger partial charge in [-0.3, -0.25) is 0 Å². The van der Waals surface area contributed by atoms with Gasteiger partial charge in [0.25, 0.3) is 0 Å². The van der Waals surface area contributed by atoms with E-state index in [2.05, 4.69) is 160 Å². The lowest BCUT2D eigenvalue weighted by atomic mass is 9.96. The number of hydrogen-bond donors (Lipinski definition) is 0. The number of benzene rings is 5. The van der Waals surface area contributed by atoms with Gasteiger partial charge in [0.2, 0.25) is 0 Å². The predicted molar refractivity (Wildman–Crippen MR) is 162 cm³/mol. The quantitative estimate of drug-likeness (QED) is 0.219. The van der Waals surface area contributed by atoms with Gasteiger partial charge in [0, 0.05) is 16.8 Å². The summed E-state index contributed by atoms with van der Waals surface area (Å²) in [7, 11) is 0. The van der Waals surface area contributed by atoms with Gasteiger partial charge < -0.3 is 4.90 Å². The standard InChI is InChI=1S/C36H33N/c1-26-12-18-30(19-13-26)9-7-8-29(4)33-24-25-36(35-11-6-5-10-34(33)35)37(31-20-14-27(2)15-21-31)32-22-16-28(3)17-23-32/h5-25H,1-4H3. The Hall–Kier alpha value is -4.36. The van der Waals surface area contributed by atoms with Crippen LogP contribution in [-0.2, 0) is 0 Å². The van der Waals surface area contributed by atoms with E-state index in [9.17, 15) is 0 Å². The molecule has 0 fully saturated rings. The molecule has 37 heavy (non-hydrogen) atoms. The summed E-state index contributed by atoms with van der Waals surface area (Å²) in [5, 5.41) is 2.48. The molecule has 0 unspecified atom stereocenters. The fourth-order valence-corrected chi connectivity index (χ4v) is 4.71. The van der Waals surface area contributed by atoms with Crippen molar-refractivity contribution in [2.75, 3.05) is 4.90 Å². The fourth-order valence-electron chi connectivity index (χ4n) is 4.71. The highest BCUT2D eigenvalue weighted by molar-refractivity contribution is 6.04. The number of anilines is 3. The molecule has 5 rings (SSSR count). The number of rotatable bonds is 6. The van der Waals surface area contributed by atoms with E-state index in [0.29, 0.717) is 0 Å². The van der Waals surface area contributed by atoms with Crippen LogP contribution in [0.1, 0.15) is 34.7 Å². The second-order valence-corrected chi connectivity index (χ2v) is 9.80. The maximum atomic E-state index is 2.36. The van der Waals surface area contributed by atoms with Gasteiger partial charge in [-0.25, -0.2) is 0 Å². The third kappa shape index (κ3) is 5.42. The zero-order valence-electron chi connectivity index (χ0n) is 22.1. The van der Waals surface area contributed by atoms with Crippen molar-refractivity contribution >= 4 is 39.5 Å². The van der Waals surface area contributed by atoms with Crippen molar-refractivity contribution in [2.45, 2.75) is 27.7 Å². The van der Waals surface area contributed by atoms with Crippen LogP contribution in [0.3, 0.4) is 0 Å². The number of aryl methyl sites for hydroxylation is 3. The Morgan fingerprint density at radius 2 is 1.08 bits per heavy atom. The predicted octanol–water partition coefficient (Wildman–Crippen LogP) is 10.4. The number of hydrogen-bond acceptors (Lipinski definition) is 1. The highest BCUT2D eigenvalue weighted by Gasteiger charge is 2.16. The maximum Gasteiger partial charge on any atom is 0.0540 e. The van der Waals surface area contributed by atoms with E-state index in [1.165, 1.54) is 49.9 Å². The van der Waals surface area contributed by atoms with Crippen molar-refractivity contribution in [1.82, 2.24) is 0 Å². The third-order valence-corrected chi connectivity index (χ3v) is 6.86. The summed E-state index contributed by atoms with van der Waals surface area (Å²) in [5.41, 5.74) is 11.0. The fraction of sp³-hybridized carbons (Fsp3) is 0.111. The van der Waals surface area contributed by atoms with Crippen LogP contribution in [0.4, 0.5) is 17.1 Å². The van der Waals surface area contributed by atoms with Crippen molar-refractivity contribution in [2.24, 2.45) is 0 Å². The Labute approximate surface area is 221 Å². The molecule has 0 aliphatic carbocycles. The monoisotopic (exact) mass is 479 g/mol. The minimum atomic E-state index is 1.15. The molecule has 0 aromatic heterocycles. The molecule has 0 saturated heterocycles. The van der Waals surface area contributed by atoms with Crippen LogP contribution >= 0.6 is 0 Å². The molecule has 0 saturated carbocycles. The summed E-state index contributed by atoms with van der Waals surface area (Å²) < 4.78 is 0. The largest absolute Gasteiger partial charge is 0.310 e. The van der Waals surface area contributed by atoms with Gasteiger partial charge in [0.05, 0.1) is 5.69 Å². The normalized spacial score (nSPS) is 11.8. The Balaban J connectivity index is 1.59. The van der Waals surface area contributed by atoms with Crippen LogP contribution in [-0.4, -0.2) is 0 Å². The molecule has 182 valence electrons. The first-order valence-corrected chi connectivity index (χ1v) is 12.9. The summed E-state index contributed by atoms with van der Waals surface area (Å²) in [6, 6.07) is 39.4.